The molecule has 0 unspecified atom stereocenters. The molecule has 0 saturated heterocycles. The molecule has 0 bridgehead atoms. The Kier molecular flexibility index (Phi) is 3.43. The van der Waals surface area contributed by atoms with E-state index in [-0.39, 0.29) is 11.5 Å². The van der Waals surface area contributed by atoms with Gasteiger partial charge in [0.2, 0.25) is 0 Å². The SMILES string of the molecule is Cc1cc(C(=O)c2ccc(O)cc2)c(C)c(C)c1C. The Balaban J connectivity index is 2.53. The van der Waals surface area contributed by atoms with E-state index in [0.717, 1.165) is 16.7 Å². The van der Waals surface area contributed by atoms with Gasteiger partial charge in [-0.3, -0.25) is 4.79 Å². The topological polar surface area (TPSA) is 37.3 Å². The van der Waals surface area contributed by atoms with Crippen molar-refractivity contribution in [2.45, 2.75) is 27.7 Å². The van der Waals surface area contributed by atoms with E-state index >= 15 is 0 Å². The standard InChI is InChI=1S/C17H18O2/c1-10-9-16(13(4)12(3)11(10)2)17(19)14-5-7-15(18)8-6-14/h5-9,18H,1-4H3. The van der Waals surface area contributed by atoms with E-state index in [0.29, 0.717) is 5.56 Å². The third-order valence-electron chi connectivity index (χ3n) is 3.86. The van der Waals surface area contributed by atoms with Crippen LogP contribution in [0.3, 0.4) is 0 Å². The predicted octanol–water partition coefficient (Wildman–Crippen LogP) is 3.86. The molecular formula is C17H18O2. The summed E-state index contributed by atoms with van der Waals surface area (Å²) in [7, 11) is 0. The monoisotopic (exact) mass is 254 g/mol. The van der Waals surface area contributed by atoms with E-state index in [9.17, 15) is 9.90 Å². The van der Waals surface area contributed by atoms with Gasteiger partial charge in [-0.15, -0.1) is 0 Å². The van der Waals surface area contributed by atoms with Crippen LogP contribution < -0.4 is 0 Å². The normalized spacial score (nSPS) is 10.5. The van der Waals surface area contributed by atoms with Gasteiger partial charge in [0, 0.05) is 11.1 Å². The summed E-state index contributed by atoms with van der Waals surface area (Å²) in [5.74, 6) is 0.174. The van der Waals surface area contributed by atoms with Crippen LogP contribution in [0.5, 0.6) is 5.75 Å². The van der Waals surface area contributed by atoms with E-state index in [2.05, 4.69) is 6.92 Å². The lowest BCUT2D eigenvalue weighted by molar-refractivity contribution is 0.103. The molecule has 0 saturated carbocycles. The summed E-state index contributed by atoms with van der Waals surface area (Å²) in [5, 5.41) is 9.28. The molecule has 0 aliphatic carbocycles. The first kappa shape index (κ1) is 13.3. The van der Waals surface area contributed by atoms with Gasteiger partial charge in [0.25, 0.3) is 0 Å². The minimum absolute atomic E-state index is 0.00343. The molecule has 2 aromatic carbocycles. The first-order chi connectivity index (χ1) is 8.91. The Morgan fingerprint density at radius 2 is 1.47 bits per heavy atom. The number of aromatic hydroxyl groups is 1. The second-order valence-electron chi connectivity index (χ2n) is 4.99. The number of ketones is 1. The van der Waals surface area contributed by atoms with Crippen LogP contribution in [0.25, 0.3) is 0 Å². The molecular weight excluding hydrogens is 236 g/mol. The predicted molar refractivity (Wildman–Crippen MR) is 76.9 cm³/mol. The number of carbonyl (C=O) groups excluding carboxylic acids is 1. The summed E-state index contributed by atoms with van der Waals surface area (Å²) in [6, 6.07) is 8.34. The van der Waals surface area contributed by atoms with Gasteiger partial charge in [-0.05, 0) is 80.3 Å². The quantitative estimate of drug-likeness (QED) is 0.826. The van der Waals surface area contributed by atoms with Crippen molar-refractivity contribution in [2.75, 3.05) is 0 Å². The van der Waals surface area contributed by atoms with Crippen LogP contribution in [0.2, 0.25) is 0 Å². The van der Waals surface area contributed by atoms with Gasteiger partial charge in [0.05, 0.1) is 0 Å². The maximum absolute atomic E-state index is 12.5. The highest BCUT2D eigenvalue weighted by Crippen LogP contribution is 2.24. The van der Waals surface area contributed by atoms with Crippen molar-refractivity contribution < 1.29 is 9.90 Å². The molecule has 0 atom stereocenters. The lowest BCUT2D eigenvalue weighted by atomic mass is 9.90. The number of rotatable bonds is 2. The second-order valence-corrected chi connectivity index (χ2v) is 4.99. The lowest BCUT2D eigenvalue weighted by Gasteiger charge is -2.13. The molecule has 19 heavy (non-hydrogen) atoms. The van der Waals surface area contributed by atoms with Gasteiger partial charge in [-0.2, -0.15) is 0 Å². The smallest absolute Gasteiger partial charge is 0.193 e. The second kappa shape index (κ2) is 4.88. The highest BCUT2D eigenvalue weighted by atomic mass is 16.3. The Labute approximate surface area is 113 Å². The summed E-state index contributed by atoms with van der Waals surface area (Å²) in [5.41, 5.74) is 5.91. The third kappa shape index (κ3) is 2.39. The molecule has 0 aromatic heterocycles. The number of hydrogen-bond acceptors (Lipinski definition) is 2. The van der Waals surface area contributed by atoms with Crippen LogP contribution in [0.1, 0.15) is 38.2 Å². The average Bonchev–Trinajstić information content (AvgIpc) is 2.40. The van der Waals surface area contributed by atoms with Crippen LogP contribution in [0.15, 0.2) is 30.3 Å². The molecule has 0 amide bonds. The van der Waals surface area contributed by atoms with Crippen molar-refractivity contribution >= 4 is 5.78 Å². The number of hydrogen-bond donors (Lipinski definition) is 1. The first-order valence-corrected chi connectivity index (χ1v) is 6.33. The van der Waals surface area contributed by atoms with Crippen molar-refractivity contribution in [3.8, 4) is 5.75 Å². The average molecular weight is 254 g/mol. The molecule has 0 radical (unpaired) electrons. The zero-order valence-corrected chi connectivity index (χ0v) is 11.7. The van der Waals surface area contributed by atoms with Gasteiger partial charge in [-0.1, -0.05) is 0 Å². The maximum atomic E-state index is 12.5. The zero-order chi connectivity index (χ0) is 14.2. The highest BCUT2D eigenvalue weighted by molar-refractivity contribution is 6.10. The van der Waals surface area contributed by atoms with Crippen molar-refractivity contribution in [3.63, 3.8) is 0 Å². The minimum atomic E-state index is 0.00343. The molecule has 98 valence electrons. The highest BCUT2D eigenvalue weighted by Gasteiger charge is 2.15. The van der Waals surface area contributed by atoms with Gasteiger partial charge in [-0.25, -0.2) is 0 Å². The molecule has 0 aliphatic rings. The molecule has 2 rings (SSSR count). The number of carbonyl (C=O) groups is 1. The number of benzene rings is 2. The molecule has 0 heterocycles. The van der Waals surface area contributed by atoms with Crippen LogP contribution in [-0.2, 0) is 0 Å². The fraction of sp³-hybridized carbons (Fsp3) is 0.235. The Morgan fingerprint density at radius 1 is 0.895 bits per heavy atom. The largest absolute Gasteiger partial charge is 0.508 e. The molecule has 2 heteroatoms. The van der Waals surface area contributed by atoms with Crippen molar-refractivity contribution in [1.82, 2.24) is 0 Å². The number of phenolic OH excluding ortho intramolecular Hbond substituents is 1. The molecule has 0 aliphatic heterocycles. The Hall–Kier alpha value is -2.09. The summed E-state index contributed by atoms with van der Waals surface area (Å²) in [6.45, 7) is 8.13. The fourth-order valence-electron chi connectivity index (χ4n) is 2.22. The molecule has 1 N–H and O–H groups in total. The van der Waals surface area contributed by atoms with E-state index in [1.165, 1.54) is 23.3 Å². The minimum Gasteiger partial charge on any atom is -0.508 e. The number of phenols is 1. The van der Waals surface area contributed by atoms with E-state index in [1.807, 2.05) is 26.8 Å². The molecule has 2 nitrogen and oxygen atoms in total. The van der Waals surface area contributed by atoms with E-state index in [1.54, 1.807) is 12.1 Å². The fourth-order valence-corrected chi connectivity index (χ4v) is 2.22. The van der Waals surface area contributed by atoms with Gasteiger partial charge in [0.15, 0.2) is 5.78 Å². The van der Waals surface area contributed by atoms with Gasteiger partial charge in [0.1, 0.15) is 5.75 Å². The molecule has 2 aromatic rings. The molecule has 0 spiro atoms. The summed E-state index contributed by atoms with van der Waals surface area (Å²) in [6.07, 6.45) is 0. The lowest BCUT2D eigenvalue weighted by Crippen LogP contribution is -2.07. The van der Waals surface area contributed by atoms with Crippen molar-refractivity contribution in [3.05, 3.63) is 63.7 Å². The Bertz CT molecular complexity index is 637. The summed E-state index contributed by atoms with van der Waals surface area (Å²) >= 11 is 0. The van der Waals surface area contributed by atoms with Crippen molar-refractivity contribution in [2.24, 2.45) is 0 Å². The molecule has 0 fully saturated rings. The number of aryl methyl sites for hydroxylation is 1. The Morgan fingerprint density at radius 3 is 2.05 bits per heavy atom. The van der Waals surface area contributed by atoms with Crippen molar-refractivity contribution in [1.29, 1.82) is 0 Å². The van der Waals surface area contributed by atoms with Crippen LogP contribution >= 0.6 is 0 Å². The van der Waals surface area contributed by atoms with Crippen LogP contribution in [0.4, 0.5) is 0 Å². The first-order valence-electron chi connectivity index (χ1n) is 6.33. The zero-order valence-electron chi connectivity index (χ0n) is 11.7. The van der Waals surface area contributed by atoms with E-state index < -0.39 is 0 Å². The maximum Gasteiger partial charge on any atom is 0.193 e. The van der Waals surface area contributed by atoms with Crippen LogP contribution in [-0.4, -0.2) is 10.9 Å². The van der Waals surface area contributed by atoms with Crippen LogP contribution in [0, 0.1) is 27.7 Å². The van der Waals surface area contributed by atoms with Gasteiger partial charge >= 0.3 is 0 Å². The third-order valence-corrected chi connectivity index (χ3v) is 3.86. The van der Waals surface area contributed by atoms with Gasteiger partial charge < -0.3 is 5.11 Å². The van der Waals surface area contributed by atoms with E-state index in [4.69, 9.17) is 0 Å². The summed E-state index contributed by atoms with van der Waals surface area (Å²) in [4.78, 5) is 12.5. The summed E-state index contributed by atoms with van der Waals surface area (Å²) < 4.78 is 0.